The Kier molecular flexibility index (Phi) is 6.35. The van der Waals surface area contributed by atoms with Crippen LogP contribution in [0.2, 0.25) is 0 Å². The van der Waals surface area contributed by atoms with Gasteiger partial charge < -0.3 is 14.9 Å². The summed E-state index contributed by atoms with van der Waals surface area (Å²) in [5.41, 5.74) is 2.55. The number of nitrogens with one attached hydrogen (secondary N) is 1. The van der Waals surface area contributed by atoms with E-state index in [2.05, 4.69) is 22.4 Å². The van der Waals surface area contributed by atoms with Gasteiger partial charge in [-0.1, -0.05) is 25.4 Å². The van der Waals surface area contributed by atoms with Gasteiger partial charge in [0.05, 0.1) is 18.0 Å². The third-order valence-corrected chi connectivity index (χ3v) is 6.80. The van der Waals surface area contributed by atoms with E-state index in [-0.39, 0.29) is 24.0 Å². The zero-order valence-electron chi connectivity index (χ0n) is 17.0. The molecule has 0 radical (unpaired) electrons. The van der Waals surface area contributed by atoms with E-state index in [1.807, 2.05) is 32.9 Å². The van der Waals surface area contributed by atoms with Crippen molar-refractivity contribution in [1.82, 2.24) is 15.5 Å². The Morgan fingerprint density at radius 3 is 2.82 bits per heavy atom. The van der Waals surface area contributed by atoms with Crippen molar-refractivity contribution in [3.63, 3.8) is 0 Å². The molecule has 2 atom stereocenters. The molecular formula is C21H29N3O3S. The molecule has 7 heteroatoms. The molecule has 6 nitrogen and oxygen atoms in total. The highest BCUT2D eigenvalue weighted by atomic mass is 32.1. The third kappa shape index (κ3) is 4.20. The second-order valence-corrected chi connectivity index (χ2v) is 8.64. The summed E-state index contributed by atoms with van der Waals surface area (Å²) < 4.78 is 5.34. The normalized spacial score (nSPS) is 21.4. The van der Waals surface area contributed by atoms with Crippen LogP contribution in [0.1, 0.15) is 76.9 Å². The zero-order chi connectivity index (χ0) is 20.3. The van der Waals surface area contributed by atoms with Crippen molar-refractivity contribution in [2.24, 2.45) is 5.41 Å². The van der Waals surface area contributed by atoms with Gasteiger partial charge in [0.15, 0.2) is 0 Å². The Morgan fingerprint density at radius 1 is 1.39 bits per heavy atom. The molecule has 0 unspecified atom stereocenters. The number of aryl methyl sites for hydroxylation is 3. The van der Waals surface area contributed by atoms with Crippen molar-refractivity contribution in [2.75, 3.05) is 6.61 Å². The summed E-state index contributed by atoms with van der Waals surface area (Å²) in [5.74, 6) is 0.690. The van der Waals surface area contributed by atoms with E-state index in [4.69, 9.17) is 4.52 Å². The molecule has 1 fully saturated rings. The van der Waals surface area contributed by atoms with Crippen LogP contribution >= 0.6 is 11.3 Å². The van der Waals surface area contributed by atoms with Crippen LogP contribution in [0.15, 0.2) is 4.52 Å². The second-order valence-electron chi connectivity index (χ2n) is 7.61. The van der Waals surface area contributed by atoms with Gasteiger partial charge in [-0.2, -0.15) is 0 Å². The van der Waals surface area contributed by atoms with Gasteiger partial charge in [-0.3, -0.25) is 4.79 Å². The van der Waals surface area contributed by atoms with E-state index in [0.717, 1.165) is 59.8 Å². The average molecular weight is 404 g/mol. The van der Waals surface area contributed by atoms with Gasteiger partial charge in [-0.05, 0) is 51.7 Å². The van der Waals surface area contributed by atoms with Crippen molar-refractivity contribution in [3.05, 3.63) is 32.6 Å². The lowest BCUT2D eigenvalue weighted by Gasteiger charge is -2.11. The first-order valence-corrected chi connectivity index (χ1v) is 10.8. The zero-order valence-corrected chi connectivity index (χ0v) is 17.9. The number of amides is 1. The number of thiazole rings is 1. The highest BCUT2D eigenvalue weighted by Gasteiger charge is 2.53. The van der Waals surface area contributed by atoms with Crippen LogP contribution in [0.4, 0.5) is 0 Å². The molecule has 28 heavy (non-hydrogen) atoms. The smallest absolute Gasteiger partial charge is 0.263 e. The van der Waals surface area contributed by atoms with Crippen molar-refractivity contribution in [3.8, 4) is 0 Å². The van der Waals surface area contributed by atoms with Crippen molar-refractivity contribution in [1.29, 1.82) is 0 Å². The van der Waals surface area contributed by atoms with E-state index < -0.39 is 0 Å². The molecule has 0 bridgehead atoms. The van der Waals surface area contributed by atoms with E-state index in [1.54, 1.807) is 0 Å². The Balaban J connectivity index is 1.70. The van der Waals surface area contributed by atoms with E-state index >= 15 is 0 Å². The van der Waals surface area contributed by atoms with E-state index in [1.165, 1.54) is 11.3 Å². The van der Waals surface area contributed by atoms with Crippen LogP contribution in [0.25, 0.3) is 12.2 Å². The molecule has 152 valence electrons. The van der Waals surface area contributed by atoms with Gasteiger partial charge in [-0.25, -0.2) is 4.98 Å². The van der Waals surface area contributed by atoms with Gasteiger partial charge in [0.1, 0.15) is 15.6 Å². The van der Waals surface area contributed by atoms with Gasteiger partial charge in [0.25, 0.3) is 5.91 Å². The number of carbonyl (C=O) groups is 1. The highest BCUT2D eigenvalue weighted by Crippen LogP contribution is 2.48. The molecular weight excluding hydrogens is 374 g/mol. The van der Waals surface area contributed by atoms with Gasteiger partial charge in [-0.15, -0.1) is 11.3 Å². The number of hydrogen-bond acceptors (Lipinski definition) is 6. The molecule has 2 heterocycles. The summed E-state index contributed by atoms with van der Waals surface area (Å²) in [6.45, 7) is 8.07. The molecule has 1 aliphatic carbocycles. The van der Waals surface area contributed by atoms with Gasteiger partial charge in [0.2, 0.25) is 0 Å². The first kappa shape index (κ1) is 20.7. The average Bonchev–Trinajstić information content (AvgIpc) is 3.06. The molecule has 2 N–H and O–H groups in total. The van der Waals surface area contributed by atoms with E-state index in [9.17, 15) is 9.90 Å². The summed E-state index contributed by atoms with van der Waals surface area (Å²) in [4.78, 5) is 17.8. The van der Waals surface area contributed by atoms with Crippen molar-refractivity contribution >= 4 is 29.4 Å². The Labute approximate surface area is 170 Å². The molecule has 1 saturated carbocycles. The number of aliphatic hydroxyl groups is 1. The highest BCUT2D eigenvalue weighted by molar-refractivity contribution is 7.14. The first-order valence-electron chi connectivity index (χ1n) is 9.96. The van der Waals surface area contributed by atoms with Crippen LogP contribution in [-0.4, -0.2) is 33.8 Å². The molecule has 2 aromatic heterocycles. The molecule has 1 amide bonds. The minimum Gasteiger partial charge on any atom is -0.396 e. The quantitative estimate of drug-likeness (QED) is 0.657. The first-order chi connectivity index (χ1) is 13.4. The summed E-state index contributed by atoms with van der Waals surface area (Å²) in [6.07, 6.45) is 8.67. The number of carbonyl (C=O) groups excluding carboxylic acids is 1. The summed E-state index contributed by atoms with van der Waals surface area (Å²) in [7, 11) is 0. The summed E-state index contributed by atoms with van der Waals surface area (Å²) >= 11 is 1.38. The fraction of sp³-hybridized carbons (Fsp3) is 0.571. The second kappa shape index (κ2) is 8.57. The van der Waals surface area contributed by atoms with Crippen molar-refractivity contribution in [2.45, 2.75) is 65.8 Å². The maximum absolute atomic E-state index is 12.6. The van der Waals surface area contributed by atoms with Gasteiger partial charge >= 0.3 is 0 Å². The maximum Gasteiger partial charge on any atom is 0.263 e. The minimum atomic E-state index is -0.141. The molecule has 0 aliphatic heterocycles. The fourth-order valence-electron chi connectivity index (χ4n) is 3.47. The molecule has 1 aliphatic rings. The van der Waals surface area contributed by atoms with Crippen LogP contribution in [0.5, 0.6) is 0 Å². The Bertz CT molecular complexity index is 864. The van der Waals surface area contributed by atoms with Crippen LogP contribution < -0.4 is 5.32 Å². The van der Waals surface area contributed by atoms with Gasteiger partial charge in [0, 0.05) is 17.0 Å². The summed E-state index contributed by atoms with van der Waals surface area (Å²) in [5, 5.41) is 17.5. The Morgan fingerprint density at radius 2 is 2.18 bits per heavy atom. The molecule has 2 aromatic rings. The topological polar surface area (TPSA) is 88.2 Å². The van der Waals surface area contributed by atoms with Crippen LogP contribution in [0.3, 0.4) is 0 Å². The molecule has 0 spiro atoms. The standard InChI is InChI=1S/C21H29N3O3S/c1-5-7-8-16-15(14(4)27-24-16)9-10-18-22-13(3)19(28-18)20(26)23-17-11-21(17,6-2)12-25/h9-10,17,25H,5-8,11-12H2,1-4H3,(H,23,26)/b10-9+/t17-,21-/m1/s1. The number of rotatable bonds is 9. The number of unbranched alkanes of at least 4 members (excludes halogenated alkanes) is 1. The number of aromatic nitrogens is 2. The monoisotopic (exact) mass is 403 g/mol. The van der Waals surface area contributed by atoms with Crippen molar-refractivity contribution < 1.29 is 14.4 Å². The largest absolute Gasteiger partial charge is 0.396 e. The summed E-state index contributed by atoms with van der Waals surface area (Å²) in [6, 6.07) is 0.0521. The number of hydrogen-bond donors (Lipinski definition) is 2. The lowest BCUT2D eigenvalue weighted by molar-refractivity contribution is 0.0941. The maximum atomic E-state index is 12.6. The minimum absolute atomic E-state index is 0.0521. The van der Waals surface area contributed by atoms with Crippen LogP contribution in [0, 0.1) is 19.3 Å². The molecule has 0 aromatic carbocycles. The van der Waals surface area contributed by atoms with Crippen LogP contribution in [-0.2, 0) is 6.42 Å². The molecule has 3 rings (SSSR count). The molecule has 0 saturated heterocycles. The lowest BCUT2D eigenvalue weighted by atomic mass is 10.0. The fourth-order valence-corrected chi connectivity index (χ4v) is 4.34. The SMILES string of the molecule is CCCCc1noc(C)c1/C=C/c1nc(C)c(C(=O)N[C@@H]2C[C@]2(CC)CO)s1. The number of aliphatic hydroxyl groups excluding tert-OH is 1. The lowest BCUT2D eigenvalue weighted by Crippen LogP contribution is -2.30. The predicted octanol–water partition coefficient (Wildman–Crippen LogP) is 4.15. The Hall–Kier alpha value is -1.99. The number of nitrogens with zero attached hydrogens (tertiary/aromatic N) is 2. The van der Waals surface area contributed by atoms with E-state index in [0.29, 0.717) is 4.88 Å². The predicted molar refractivity (Wildman–Crippen MR) is 111 cm³/mol. The third-order valence-electron chi connectivity index (χ3n) is 5.68.